The largest absolute Gasteiger partial charge is 0.456 e. The summed E-state index contributed by atoms with van der Waals surface area (Å²) in [5.74, 6) is -1.69. The summed E-state index contributed by atoms with van der Waals surface area (Å²) in [4.78, 5) is 35.8. The molecule has 2 aliphatic rings. The van der Waals surface area contributed by atoms with Crippen LogP contribution in [0.3, 0.4) is 0 Å². The van der Waals surface area contributed by atoms with Gasteiger partial charge in [0.05, 0.1) is 16.9 Å². The maximum Gasteiger partial charge on any atom is 0.359 e. The molecular weight excluding hydrogens is 414 g/mol. The number of nitrogens with zero attached hydrogens (tertiary/aromatic N) is 2. The Labute approximate surface area is 163 Å². The topological polar surface area (TPSA) is 159 Å². The van der Waals surface area contributed by atoms with Crippen LogP contribution in [-0.4, -0.2) is 53.5 Å². The van der Waals surface area contributed by atoms with E-state index in [1.807, 2.05) is 0 Å². The molecule has 2 heterocycles. The van der Waals surface area contributed by atoms with Gasteiger partial charge < -0.3 is 14.7 Å². The van der Waals surface area contributed by atoms with Gasteiger partial charge in [-0.05, 0) is 17.7 Å². The van der Waals surface area contributed by atoms with Crippen molar-refractivity contribution < 1.29 is 31.9 Å². The number of esters is 1. The number of rotatable bonds is 6. The second-order valence-corrected chi connectivity index (χ2v) is 8.67. The molecule has 1 saturated heterocycles. The second kappa shape index (κ2) is 7.41. The van der Waals surface area contributed by atoms with Gasteiger partial charge in [-0.3, -0.25) is 19.8 Å². The molecule has 1 fully saturated rings. The molecule has 2 N–H and O–H groups in total. The van der Waals surface area contributed by atoms with Crippen molar-refractivity contribution >= 4 is 39.4 Å². The summed E-state index contributed by atoms with van der Waals surface area (Å²) in [6, 6.07) is 4.54. The minimum Gasteiger partial charge on any atom is -0.456 e. The highest BCUT2D eigenvalue weighted by atomic mass is 32.2. The fourth-order valence-electron chi connectivity index (χ4n) is 2.66. The number of nitro benzene ring substituents is 1. The number of nitrogens with two attached hydrogens (primary N) is 1. The van der Waals surface area contributed by atoms with Gasteiger partial charge in [0.2, 0.25) is 5.91 Å². The standard InChI is InChI=1S/C15H15N3O8S2/c1-28(23,24)26-10-7-27-14-11(16)13(19)17(14)12(10)15(20)25-6-8-2-4-9(5-3-8)18(21)22/h2-5,11,14H,6-7,16H2,1H3/t11?,14-/m0/s1. The van der Waals surface area contributed by atoms with E-state index in [1.54, 1.807) is 0 Å². The van der Waals surface area contributed by atoms with Crippen LogP contribution in [-0.2, 0) is 35.2 Å². The molecule has 2 aliphatic heterocycles. The van der Waals surface area contributed by atoms with Gasteiger partial charge in [0.15, 0.2) is 11.5 Å². The lowest BCUT2D eigenvalue weighted by Gasteiger charge is -2.47. The molecule has 28 heavy (non-hydrogen) atoms. The fourth-order valence-corrected chi connectivity index (χ4v) is 4.43. The van der Waals surface area contributed by atoms with Crippen molar-refractivity contribution in [2.24, 2.45) is 5.73 Å². The molecule has 150 valence electrons. The van der Waals surface area contributed by atoms with Gasteiger partial charge in [0.1, 0.15) is 18.0 Å². The summed E-state index contributed by atoms with van der Waals surface area (Å²) in [7, 11) is -3.93. The Balaban J connectivity index is 1.80. The van der Waals surface area contributed by atoms with Crippen LogP contribution in [0.5, 0.6) is 0 Å². The number of ether oxygens (including phenoxy) is 1. The number of hydrogen-bond donors (Lipinski definition) is 1. The molecule has 0 aliphatic carbocycles. The summed E-state index contributed by atoms with van der Waals surface area (Å²) in [5, 5.41) is 10.2. The molecule has 2 atom stereocenters. The molecule has 0 aromatic heterocycles. The third kappa shape index (κ3) is 3.95. The smallest absolute Gasteiger partial charge is 0.359 e. The average Bonchev–Trinajstić information content (AvgIpc) is 2.64. The van der Waals surface area contributed by atoms with Crippen molar-refractivity contribution in [3.8, 4) is 0 Å². The Morgan fingerprint density at radius 3 is 2.61 bits per heavy atom. The van der Waals surface area contributed by atoms with Gasteiger partial charge in [-0.25, -0.2) is 4.79 Å². The van der Waals surface area contributed by atoms with Crippen molar-refractivity contribution in [2.75, 3.05) is 12.0 Å². The van der Waals surface area contributed by atoms with E-state index in [4.69, 9.17) is 14.7 Å². The fraction of sp³-hybridized carbons (Fsp3) is 0.333. The highest BCUT2D eigenvalue weighted by Gasteiger charge is 2.53. The van der Waals surface area contributed by atoms with Gasteiger partial charge in [0.25, 0.3) is 5.69 Å². The summed E-state index contributed by atoms with van der Waals surface area (Å²) in [5.41, 5.74) is 5.77. The molecular formula is C15H15N3O8S2. The van der Waals surface area contributed by atoms with Gasteiger partial charge >= 0.3 is 16.1 Å². The maximum absolute atomic E-state index is 12.6. The van der Waals surface area contributed by atoms with Crippen LogP contribution in [0.25, 0.3) is 0 Å². The lowest BCUT2D eigenvalue weighted by atomic mass is 10.1. The Bertz CT molecular complexity index is 974. The van der Waals surface area contributed by atoms with Crippen LogP contribution in [0.4, 0.5) is 5.69 Å². The summed E-state index contributed by atoms with van der Waals surface area (Å²) >= 11 is 1.17. The van der Waals surface area contributed by atoms with Gasteiger partial charge in [-0.1, -0.05) is 0 Å². The molecule has 13 heteroatoms. The number of non-ortho nitro benzene ring substituents is 1. The molecule has 0 bridgehead atoms. The monoisotopic (exact) mass is 429 g/mol. The van der Waals surface area contributed by atoms with Crippen molar-refractivity contribution in [2.45, 2.75) is 18.0 Å². The van der Waals surface area contributed by atoms with Crippen LogP contribution >= 0.6 is 11.8 Å². The van der Waals surface area contributed by atoms with Gasteiger partial charge in [0, 0.05) is 12.1 Å². The minimum atomic E-state index is -3.93. The van der Waals surface area contributed by atoms with Crippen LogP contribution < -0.4 is 5.73 Å². The lowest BCUT2D eigenvalue weighted by Crippen LogP contribution is -2.68. The van der Waals surface area contributed by atoms with Crippen molar-refractivity contribution in [1.29, 1.82) is 0 Å². The third-order valence-corrected chi connectivity index (χ3v) is 5.72. The zero-order valence-corrected chi connectivity index (χ0v) is 16.1. The molecule has 11 nitrogen and oxygen atoms in total. The quantitative estimate of drug-likeness (QED) is 0.215. The molecule has 0 saturated carbocycles. The first-order valence-corrected chi connectivity index (χ1v) is 10.7. The number of β-lactam (4-membered cyclic amide) rings is 1. The third-order valence-electron chi connectivity index (χ3n) is 3.94. The number of carbonyl (C=O) groups excluding carboxylic acids is 2. The van der Waals surface area contributed by atoms with E-state index < -0.39 is 38.3 Å². The normalized spacial score (nSPS) is 21.6. The first-order chi connectivity index (χ1) is 13.1. The van der Waals surface area contributed by atoms with Crippen LogP contribution in [0.1, 0.15) is 5.56 Å². The zero-order valence-electron chi connectivity index (χ0n) is 14.4. The minimum absolute atomic E-state index is 0.0250. The second-order valence-electron chi connectivity index (χ2n) is 5.99. The predicted molar refractivity (Wildman–Crippen MR) is 96.9 cm³/mol. The molecule has 0 spiro atoms. The Morgan fingerprint density at radius 1 is 1.39 bits per heavy atom. The number of carbonyl (C=O) groups is 2. The zero-order chi connectivity index (χ0) is 20.6. The van der Waals surface area contributed by atoms with Gasteiger partial charge in [-0.2, -0.15) is 8.42 Å². The summed E-state index contributed by atoms with van der Waals surface area (Å²) in [6.45, 7) is -0.238. The summed E-state index contributed by atoms with van der Waals surface area (Å²) < 4.78 is 33.0. The van der Waals surface area contributed by atoms with E-state index in [1.165, 1.54) is 36.0 Å². The van der Waals surface area contributed by atoms with Crippen LogP contribution in [0, 0.1) is 10.1 Å². The Morgan fingerprint density at radius 2 is 2.04 bits per heavy atom. The van der Waals surface area contributed by atoms with E-state index in [-0.39, 0.29) is 29.5 Å². The lowest BCUT2D eigenvalue weighted by molar-refractivity contribution is -0.384. The molecule has 1 unspecified atom stereocenters. The van der Waals surface area contributed by atoms with Crippen LogP contribution in [0.2, 0.25) is 0 Å². The number of benzene rings is 1. The number of thioether (sulfide) groups is 1. The first kappa shape index (κ1) is 20.1. The number of fused-ring (bicyclic) bond motifs is 1. The van der Waals surface area contributed by atoms with E-state index >= 15 is 0 Å². The highest BCUT2D eigenvalue weighted by molar-refractivity contribution is 8.00. The van der Waals surface area contributed by atoms with E-state index in [9.17, 15) is 28.1 Å². The Kier molecular flexibility index (Phi) is 5.32. The average molecular weight is 429 g/mol. The van der Waals surface area contributed by atoms with Crippen molar-refractivity contribution in [3.05, 3.63) is 51.4 Å². The molecule has 3 rings (SSSR count). The van der Waals surface area contributed by atoms with Crippen molar-refractivity contribution in [3.63, 3.8) is 0 Å². The maximum atomic E-state index is 12.6. The molecule has 1 aromatic rings. The number of hydrogen-bond acceptors (Lipinski definition) is 10. The molecule has 0 radical (unpaired) electrons. The Hall–Kier alpha value is -2.64. The SMILES string of the molecule is CS(=O)(=O)OC1=C(C(=O)OCc2ccc([N+](=O)[O-])cc2)N2C(=O)C(N)[C@@H]2SC1. The van der Waals surface area contributed by atoms with Crippen LogP contribution in [0.15, 0.2) is 35.7 Å². The summed E-state index contributed by atoms with van der Waals surface area (Å²) in [6.07, 6.45) is 0.820. The first-order valence-electron chi connectivity index (χ1n) is 7.82. The predicted octanol–water partition coefficient (Wildman–Crippen LogP) is 0.0682. The highest BCUT2D eigenvalue weighted by Crippen LogP contribution is 2.40. The molecule has 1 amide bonds. The van der Waals surface area contributed by atoms with E-state index in [0.29, 0.717) is 5.56 Å². The van der Waals surface area contributed by atoms with Crippen molar-refractivity contribution in [1.82, 2.24) is 4.90 Å². The number of nitro groups is 1. The van der Waals surface area contributed by atoms with Gasteiger partial charge in [-0.15, -0.1) is 11.8 Å². The van der Waals surface area contributed by atoms with E-state index in [0.717, 1.165) is 11.2 Å². The van der Waals surface area contributed by atoms with E-state index in [2.05, 4.69) is 0 Å². The molecule has 1 aromatic carbocycles. The number of amides is 1.